The number of methoxy groups -OCH3 is 1. The molecule has 0 spiro atoms. The summed E-state index contributed by atoms with van der Waals surface area (Å²) >= 11 is 1.78. The van der Waals surface area contributed by atoms with E-state index in [1.54, 1.807) is 18.9 Å². The molecule has 0 heterocycles. The van der Waals surface area contributed by atoms with Crippen molar-refractivity contribution in [3.8, 4) is 5.75 Å². The first-order valence-electron chi connectivity index (χ1n) is 7.11. The van der Waals surface area contributed by atoms with E-state index in [9.17, 15) is 0 Å². The summed E-state index contributed by atoms with van der Waals surface area (Å²) in [5.41, 5.74) is 11.6. The fourth-order valence-electron chi connectivity index (χ4n) is 2.72. The molecule has 0 saturated carbocycles. The highest BCUT2D eigenvalue weighted by Gasteiger charge is 2.13. The van der Waals surface area contributed by atoms with Gasteiger partial charge in [0.05, 0.1) is 7.11 Å². The maximum absolute atomic E-state index is 6.41. The van der Waals surface area contributed by atoms with Gasteiger partial charge in [-0.1, -0.05) is 17.7 Å². The smallest absolute Gasteiger partial charge is 0.118 e. The van der Waals surface area contributed by atoms with E-state index in [4.69, 9.17) is 10.5 Å². The van der Waals surface area contributed by atoms with Crippen LogP contribution in [0.3, 0.4) is 0 Å². The Labute approximate surface area is 131 Å². The Morgan fingerprint density at radius 2 is 1.62 bits per heavy atom. The van der Waals surface area contributed by atoms with Crippen molar-refractivity contribution in [3.63, 3.8) is 0 Å². The lowest BCUT2D eigenvalue weighted by Crippen LogP contribution is -2.16. The second-order valence-corrected chi connectivity index (χ2v) is 6.50. The Morgan fingerprint density at radius 3 is 2.14 bits per heavy atom. The normalized spacial score (nSPS) is 12.2. The topological polar surface area (TPSA) is 35.2 Å². The van der Waals surface area contributed by atoms with Crippen LogP contribution in [0.15, 0.2) is 41.3 Å². The van der Waals surface area contributed by atoms with E-state index in [2.05, 4.69) is 45.0 Å². The predicted octanol–water partition coefficient (Wildman–Crippen LogP) is 4.41. The summed E-state index contributed by atoms with van der Waals surface area (Å²) in [6.07, 6.45) is 0. The van der Waals surface area contributed by atoms with E-state index in [1.807, 2.05) is 12.1 Å². The van der Waals surface area contributed by atoms with Gasteiger partial charge in [0, 0.05) is 16.7 Å². The van der Waals surface area contributed by atoms with E-state index >= 15 is 0 Å². The Morgan fingerprint density at radius 1 is 1.05 bits per heavy atom. The zero-order chi connectivity index (χ0) is 15.4. The van der Waals surface area contributed by atoms with Crippen LogP contribution in [0.25, 0.3) is 0 Å². The highest BCUT2D eigenvalue weighted by molar-refractivity contribution is 7.99. The van der Waals surface area contributed by atoms with E-state index in [0.29, 0.717) is 0 Å². The summed E-state index contributed by atoms with van der Waals surface area (Å²) in [4.78, 5) is 1.22. The summed E-state index contributed by atoms with van der Waals surface area (Å²) in [5.74, 6) is 1.76. The standard InChI is InChI=1S/C18H23NOS/c1-12-9-13(2)18(14(3)10-12)17(19)11-21-16-7-5-15(20-4)6-8-16/h5-10,17H,11,19H2,1-4H3. The molecule has 2 aromatic rings. The molecule has 0 aliphatic rings. The summed E-state index contributed by atoms with van der Waals surface area (Å²) in [7, 11) is 1.68. The summed E-state index contributed by atoms with van der Waals surface area (Å²) in [6.45, 7) is 6.42. The van der Waals surface area contributed by atoms with Gasteiger partial charge in [0.25, 0.3) is 0 Å². The number of aryl methyl sites for hydroxylation is 3. The molecule has 0 bridgehead atoms. The average Bonchev–Trinajstić information content (AvgIpc) is 2.44. The largest absolute Gasteiger partial charge is 0.497 e. The number of benzene rings is 2. The minimum atomic E-state index is 0.0534. The first-order valence-corrected chi connectivity index (χ1v) is 8.10. The molecule has 0 aliphatic carbocycles. The third-order valence-corrected chi connectivity index (χ3v) is 4.73. The number of thioether (sulfide) groups is 1. The van der Waals surface area contributed by atoms with Crippen molar-refractivity contribution in [2.24, 2.45) is 5.73 Å². The van der Waals surface area contributed by atoms with Gasteiger partial charge in [-0.05, 0) is 61.7 Å². The molecular formula is C18H23NOS. The highest BCUT2D eigenvalue weighted by Crippen LogP contribution is 2.28. The Bertz CT molecular complexity index is 584. The van der Waals surface area contributed by atoms with Crippen LogP contribution in [0.5, 0.6) is 5.75 Å². The second-order valence-electron chi connectivity index (χ2n) is 5.41. The first-order chi connectivity index (χ1) is 10.0. The fraction of sp³-hybridized carbons (Fsp3) is 0.333. The summed E-state index contributed by atoms with van der Waals surface area (Å²) in [5, 5.41) is 0. The zero-order valence-electron chi connectivity index (χ0n) is 13.1. The van der Waals surface area contributed by atoms with Crippen LogP contribution in [0.4, 0.5) is 0 Å². The molecule has 0 radical (unpaired) electrons. The van der Waals surface area contributed by atoms with Gasteiger partial charge in [0.1, 0.15) is 5.75 Å². The molecule has 0 amide bonds. The van der Waals surface area contributed by atoms with Gasteiger partial charge in [-0.2, -0.15) is 0 Å². The van der Waals surface area contributed by atoms with Gasteiger partial charge in [-0.15, -0.1) is 11.8 Å². The lowest BCUT2D eigenvalue weighted by molar-refractivity contribution is 0.414. The molecule has 2 N–H and O–H groups in total. The number of hydrogen-bond donors (Lipinski definition) is 1. The molecule has 1 atom stereocenters. The van der Waals surface area contributed by atoms with Crippen LogP contribution < -0.4 is 10.5 Å². The SMILES string of the molecule is COc1ccc(SCC(N)c2c(C)cc(C)cc2C)cc1. The van der Waals surface area contributed by atoms with Crippen molar-refractivity contribution in [1.29, 1.82) is 0 Å². The predicted molar refractivity (Wildman–Crippen MR) is 91.3 cm³/mol. The van der Waals surface area contributed by atoms with Crippen LogP contribution in [0.1, 0.15) is 28.3 Å². The van der Waals surface area contributed by atoms with E-state index < -0.39 is 0 Å². The highest BCUT2D eigenvalue weighted by atomic mass is 32.2. The van der Waals surface area contributed by atoms with E-state index in [1.165, 1.54) is 27.1 Å². The molecule has 0 fully saturated rings. The molecule has 0 aliphatic heterocycles. The van der Waals surface area contributed by atoms with Crippen molar-refractivity contribution >= 4 is 11.8 Å². The molecule has 3 heteroatoms. The van der Waals surface area contributed by atoms with Crippen molar-refractivity contribution in [1.82, 2.24) is 0 Å². The molecule has 21 heavy (non-hydrogen) atoms. The number of hydrogen-bond acceptors (Lipinski definition) is 3. The second kappa shape index (κ2) is 7.01. The molecule has 2 rings (SSSR count). The third kappa shape index (κ3) is 4.02. The van der Waals surface area contributed by atoms with Gasteiger partial charge < -0.3 is 10.5 Å². The van der Waals surface area contributed by atoms with E-state index in [0.717, 1.165) is 11.5 Å². The summed E-state index contributed by atoms with van der Waals surface area (Å²) in [6, 6.07) is 12.6. The van der Waals surface area contributed by atoms with Gasteiger partial charge in [-0.3, -0.25) is 0 Å². The third-order valence-electron chi connectivity index (χ3n) is 3.60. The maximum Gasteiger partial charge on any atom is 0.118 e. The van der Waals surface area contributed by atoms with Gasteiger partial charge in [0.2, 0.25) is 0 Å². The fourth-order valence-corrected chi connectivity index (χ4v) is 3.58. The summed E-state index contributed by atoms with van der Waals surface area (Å²) < 4.78 is 5.17. The molecule has 112 valence electrons. The zero-order valence-corrected chi connectivity index (χ0v) is 14.0. The number of rotatable bonds is 5. The van der Waals surface area contributed by atoms with Gasteiger partial charge in [0.15, 0.2) is 0 Å². The maximum atomic E-state index is 6.41. The van der Waals surface area contributed by atoms with Crippen molar-refractivity contribution in [2.45, 2.75) is 31.7 Å². The van der Waals surface area contributed by atoms with Crippen molar-refractivity contribution < 1.29 is 4.74 Å². The van der Waals surface area contributed by atoms with Crippen LogP contribution >= 0.6 is 11.8 Å². The molecule has 1 unspecified atom stereocenters. The average molecular weight is 301 g/mol. The molecule has 2 aromatic carbocycles. The Hall–Kier alpha value is -1.45. The monoisotopic (exact) mass is 301 g/mol. The number of ether oxygens (including phenoxy) is 1. The van der Waals surface area contributed by atoms with Gasteiger partial charge in [-0.25, -0.2) is 0 Å². The minimum absolute atomic E-state index is 0.0534. The van der Waals surface area contributed by atoms with Crippen LogP contribution in [-0.4, -0.2) is 12.9 Å². The van der Waals surface area contributed by atoms with Crippen molar-refractivity contribution in [3.05, 3.63) is 58.7 Å². The first kappa shape index (κ1) is 15.9. The minimum Gasteiger partial charge on any atom is -0.497 e. The lowest BCUT2D eigenvalue weighted by Gasteiger charge is -2.18. The Kier molecular flexibility index (Phi) is 5.32. The quantitative estimate of drug-likeness (QED) is 0.831. The Balaban J connectivity index is 2.06. The van der Waals surface area contributed by atoms with Crippen LogP contribution in [-0.2, 0) is 0 Å². The lowest BCUT2D eigenvalue weighted by atomic mass is 9.95. The van der Waals surface area contributed by atoms with Crippen molar-refractivity contribution in [2.75, 3.05) is 12.9 Å². The van der Waals surface area contributed by atoms with Crippen LogP contribution in [0, 0.1) is 20.8 Å². The molecule has 0 aromatic heterocycles. The van der Waals surface area contributed by atoms with E-state index in [-0.39, 0.29) is 6.04 Å². The number of nitrogens with two attached hydrogens (primary N) is 1. The molecular weight excluding hydrogens is 278 g/mol. The molecule has 2 nitrogen and oxygen atoms in total. The van der Waals surface area contributed by atoms with Crippen LogP contribution in [0.2, 0.25) is 0 Å². The molecule has 0 saturated heterocycles. The van der Waals surface area contributed by atoms with Gasteiger partial charge >= 0.3 is 0 Å².